The van der Waals surface area contributed by atoms with Crippen LogP contribution in [0.3, 0.4) is 0 Å². The van der Waals surface area contributed by atoms with Crippen molar-refractivity contribution in [2.45, 2.75) is 65.1 Å². The first kappa shape index (κ1) is 33.7. The van der Waals surface area contributed by atoms with Crippen molar-refractivity contribution in [3.05, 3.63) is 53.7 Å². The highest BCUT2D eigenvalue weighted by molar-refractivity contribution is 5.92. The molecular formula is C35H49N5O6. The third-order valence-corrected chi connectivity index (χ3v) is 8.92. The minimum atomic E-state index is -0.369. The van der Waals surface area contributed by atoms with E-state index in [1.54, 1.807) is 25.3 Å². The molecular weight excluding hydrogens is 586 g/mol. The second-order valence-corrected chi connectivity index (χ2v) is 13.9. The first-order valence-corrected chi connectivity index (χ1v) is 16.5. The number of nitrogens with zero attached hydrogens (tertiary/aromatic N) is 4. The summed E-state index contributed by atoms with van der Waals surface area (Å²) in [7, 11) is 1.64. The quantitative estimate of drug-likeness (QED) is 0.509. The maximum absolute atomic E-state index is 14.1. The van der Waals surface area contributed by atoms with E-state index in [9.17, 15) is 14.4 Å². The average Bonchev–Trinajstić information content (AvgIpc) is 3.42. The molecule has 1 aromatic heterocycles. The van der Waals surface area contributed by atoms with Gasteiger partial charge in [-0.1, -0.05) is 39.0 Å². The van der Waals surface area contributed by atoms with Gasteiger partial charge in [0.1, 0.15) is 18.1 Å². The molecule has 6 rings (SSSR count). The lowest BCUT2D eigenvalue weighted by molar-refractivity contribution is -0.139. The number of benzene rings is 1. The molecule has 0 unspecified atom stereocenters. The first-order valence-electron chi connectivity index (χ1n) is 16.5. The molecule has 11 heteroatoms. The van der Waals surface area contributed by atoms with Crippen LogP contribution in [0, 0.1) is 11.3 Å². The van der Waals surface area contributed by atoms with E-state index in [1.807, 2.05) is 34.1 Å². The van der Waals surface area contributed by atoms with E-state index in [4.69, 9.17) is 14.2 Å². The van der Waals surface area contributed by atoms with Crippen LogP contribution in [0.25, 0.3) is 0 Å². The molecule has 0 radical (unpaired) electrons. The van der Waals surface area contributed by atoms with Crippen LogP contribution in [-0.4, -0.2) is 109 Å². The Morgan fingerprint density at radius 1 is 1.02 bits per heavy atom. The normalized spacial score (nSPS) is 23.8. The molecule has 11 nitrogen and oxygen atoms in total. The number of likely N-dealkylation sites (tertiary alicyclic amines) is 1. The van der Waals surface area contributed by atoms with Gasteiger partial charge in [0, 0.05) is 57.8 Å². The van der Waals surface area contributed by atoms with Crippen LogP contribution in [0.15, 0.2) is 42.5 Å². The van der Waals surface area contributed by atoms with Crippen molar-refractivity contribution in [1.82, 2.24) is 25.0 Å². The number of rotatable bonds is 4. The Hall–Kier alpha value is -3.70. The Morgan fingerprint density at radius 2 is 1.80 bits per heavy atom. The van der Waals surface area contributed by atoms with Gasteiger partial charge in [-0.3, -0.25) is 19.3 Å². The number of methoxy groups -OCH3 is 1. The molecule has 2 aromatic rings. The molecule has 4 aliphatic heterocycles. The predicted molar refractivity (Wildman–Crippen MR) is 174 cm³/mol. The average molecular weight is 636 g/mol. The molecule has 3 amide bonds. The van der Waals surface area contributed by atoms with E-state index in [0.29, 0.717) is 77.1 Å². The van der Waals surface area contributed by atoms with Gasteiger partial charge in [-0.05, 0) is 54.4 Å². The van der Waals surface area contributed by atoms with E-state index >= 15 is 0 Å². The van der Waals surface area contributed by atoms with E-state index < -0.39 is 0 Å². The van der Waals surface area contributed by atoms with Crippen LogP contribution < -0.4 is 14.8 Å². The van der Waals surface area contributed by atoms with Crippen molar-refractivity contribution >= 4 is 17.7 Å². The van der Waals surface area contributed by atoms with Gasteiger partial charge in [0.05, 0.1) is 26.4 Å². The fourth-order valence-corrected chi connectivity index (χ4v) is 6.55. The highest BCUT2D eigenvalue weighted by atomic mass is 16.5. The number of aromatic nitrogens is 1. The fourth-order valence-electron chi connectivity index (χ4n) is 6.55. The number of hydrogen-bond donors (Lipinski definition) is 1. The molecule has 6 bridgehead atoms. The lowest BCUT2D eigenvalue weighted by Gasteiger charge is -2.37. The predicted octanol–water partition coefficient (Wildman–Crippen LogP) is 3.38. The molecule has 2 saturated heterocycles. The molecule has 4 aliphatic rings. The Bertz CT molecular complexity index is 1350. The molecule has 250 valence electrons. The van der Waals surface area contributed by atoms with E-state index in [0.717, 1.165) is 24.2 Å². The highest BCUT2D eigenvalue weighted by Crippen LogP contribution is 2.28. The molecule has 1 N–H and O–H groups in total. The molecule has 0 spiro atoms. The number of hydrogen-bond acceptors (Lipinski definition) is 8. The summed E-state index contributed by atoms with van der Waals surface area (Å²) in [6.45, 7) is 10.8. The third-order valence-electron chi connectivity index (χ3n) is 8.92. The van der Waals surface area contributed by atoms with Gasteiger partial charge in [0.25, 0.3) is 5.91 Å². The Balaban J connectivity index is 1.35. The monoisotopic (exact) mass is 635 g/mol. The number of carbonyl (C=O) groups excluding carboxylic acids is 3. The van der Waals surface area contributed by atoms with Crippen molar-refractivity contribution < 1.29 is 28.6 Å². The Morgan fingerprint density at radius 3 is 2.57 bits per heavy atom. The SMILES string of the molecule is COc1cccc(CN2C[C@H]3C[C@H]2C(=O)N2CCC(CC2)CN(C(=O)CC(C)(C)C)CCOCCOc2cccc(n2)C(=O)N3)c1. The zero-order valence-corrected chi connectivity index (χ0v) is 27.7. The Kier molecular flexibility index (Phi) is 11.2. The molecule has 46 heavy (non-hydrogen) atoms. The standard InChI is InChI=1S/C35H49N5O6/c1-35(2,3)21-32(41)39-15-16-45-17-18-46-31-10-6-9-29(37-31)33(42)36-27-20-30(34(43)38-13-11-25(22-39)12-14-38)40(24-27)23-26-7-5-8-28(19-26)44-4/h5-10,19,25,27,30H,11-18,20-24H2,1-4H3,(H,36,42)/t27-,30+/m1/s1. The van der Waals surface area contributed by atoms with Crippen molar-refractivity contribution in [3.63, 3.8) is 0 Å². The zero-order chi connectivity index (χ0) is 32.7. The fraction of sp³-hybridized carbons (Fsp3) is 0.600. The van der Waals surface area contributed by atoms with Gasteiger partial charge < -0.3 is 29.3 Å². The number of fused-ring (bicyclic) bond motifs is 10. The number of ether oxygens (including phenoxy) is 3. The van der Waals surface area contributed by atoms with Crippen LogP contribution in [0.5, 0.6) is 11.6 Å². The second-order valence-electron chi connectivity index (χ2n) is 13.9. The summed E-state index contributed by atoms with van der Waals surface area (Å²) in [6.07, 6.45) is 2.65. The van der Waals surface area contributed by atoms with Gasteiger partial charge in [-0.15, -0.1) is 0 Å². The van der Waals surface area contributed by atoms with E-state index in [1.165, 1.54) is 0 Å². The van der Waals surface area contributed by atoms with E-state index in [-0.39, 0.29) is 47.5 Å². The number of amides is 3. The molecule has 1 aromatic carbocycles. The van der Waals surface area contributed by atoms with Gasteiger partial charge in [0.2, 0.25) is 17.7 Å². The molecule has 2 atom stereocenters. The van der Waals surface area contributed by atoms with Crippen LogP contribution in [0.2, 0.25) is 0 Å². The molecule has 0 saturated carbocycles. The van der Waals surface area contributed by atoms with Crippen molar-refractivity contribution in [3.8, 4) is 11.6 Å². The van der Waals surface area contributed by atoms with Crippen molar-refractivity contribution in [1.29, 1.82) is 0 Å². The largest absolute Gasteiger partial charge is 0.497 e. The molecule has 5 heterocycles. The smallest absolute Gasteiger partial charge is 0.270 e. The number of carbonyl (C=O) groups is 3. The number of nitrogens with one attached hydrogen (secondary N) is 1. The second kappa shape index (κ2) is 15.3. The first-order chi connectivity index (χ1) is 22.1. The van der Waals surface area contributed by atoms with E-state index in [2.05, 4.69) is 36.0 Å². The minimum absolute atomic E-state index is 0.0894. The van der Waals surface area contributed by atoms with Gasteiger partial charge in [-0.2, -0.15) is 0 Å². The summed E-state index contributed by atoms with van der Waals surface area (Å²) in [6, 6.07) is 12.4. The molecule has 0 aliphatic carbocycles. The summed E-state index contributed by atoms with van der Waals surface area (Å²) in [4.78, 5) is 51.2. The maximum Gasteiger partial charge on any atom is 0.270 e. The summed E-state index contributed by atoms with van der Waals surface area (Å²) in [5.41, 5.74) is 1.19. The minimum Gasteiger partial charge on any atom is -0.497 e. The number of pyridine rings is 1. The van der Waals surface area contributed by atoms with Gasteiger partial charge in [-0.25, -0.2) is 4.98 Å². The van der Waals surface area contributed by atoms with Crippen molar-refractivity contribution in [2.75, 3.05) is 59.7 Å². The van der Waals surface area contributed by atoms with Crippen LogP contribution in [0.1, 0.15) is 62.5 Å². The van der Waals surface area contributed by atoms with Crippen LogP contribution in [-0.2, 0) is 20.9 Å². The van der Waals surface area contributed by atoms with Crippen LogP contribution >= 0.6 is 0 Å². The summed E-state index contributed by atoms with van der Waals surface area (Å²) in [5.74, 6) is 1.34. The maximum atomic E-state index is 14.1. The summed E-state index contributed by atoms with van der Waals surface area (Å²) < 4.78 is 17.1. The topological polar surface area (TPSA) is 114 Å². The zero-order valence-electron chi connectivity index (χ0n) is 27.7. The highest BCUT2D eigenvalue weighted by Gasteiger charge is 2.40. The lowest BCUT2D eigenvalue weighted by Crippen LogP contribution is -2.49. The lowest BCUT2D eigenvalue weighted by atomic mass is 9.90. The van der Waals surface area contributed by atoms with Crippen LogP contribution in [0.4, 0.5) is 0 Å². The summed E-state index contributed by atoms with van der Waals surface area (Å²) >= 11 is 0. The molecule has 2 fully saturated rings. The van der Waals surface area contributed by atoms with Gasteiger partial charge in [0.15, 0.2) is 0 Å². The summed E-state index contributed by atoms with van der Waals surface area (Å²) in [5, 5.41) is 3.12. The van der Waals surface area contributed by atoms with Crippen molar-refractivity contribution in [2.24, 2.45) is 11.3 Å². The van der Waals surface area contributed by atoms with Gasteiger partial charge >= 0.3 is 0 Å². The Labute approximate surface area is 272 Å². The number of piperidine rings is 1. The third kappa shape index (κ3) is 9.19.